The van der Waals surface area contributed by atoms with Gasteiger partial charge in [-0.05, 0) is 54.1 Å². The first-order chi connectivity index (χ1) is 17.3. The first-order valence-electron chi connectivity index (χ1n) is 12.0. The molecule has 1 spiro atoms. The summed E-state index contributed by atoms with van der Waals surface area (Å²) in [6.07, 6.45) is -2.38. The number of anilines is 2. The molecule has 8 heteroatoms. The summed E-state index contributed by atoms with van der Waals surface area (Å²) < 4.78 is 52.3. The second-order valence-electron chi connectivity index (χ2n) is 9.77. The Balaban J connectivity index is 1.28. The summed E-state index contributed by atoms with van der Waals surface area (Å²) in [5.41, 5.74) is 2.26. The largest absolute Gasteiger partial charge is 0.385 e. The number of benzene rings is 3. The smallest absolute Gasteiger partial charge is 0.263 e. The van der Waals surface area contributed by atoms with Crippen molar-refractivity contribution in [3.63, 3.8) is 0 Å². The van der Waals surface area contributed by atoms with Crippen LogP contribution in [0.5, 0.6) is 0 Å². The van der Waals surface area contributed by atoms with Crippen molar-refractivity contribution in [2.24, 2.45) is 11.3 Å². The summed E-state index contributed by atoms with van der Waals surface area (Å²) >= 11 is 0. The van der Waals surface area contributed by atoms with Gasteiger partial charge < -0.3 is 15.1 Å². The van der Waals surface area contributed by atoms with Gasteiger partial charge in [0.1, 0.15) is 11.6 Å². The average Bonchev–Trinajstić information content (AvgIpc) is 3.24. The third-order valence-electron chi connectivity index (χ3n) is 7.35. The number of halogens is 4. The Morgan fingerprint density at radius 1 is 0.889 bits per heavy atom. The molecular weight excluding hydrogens is 470 g/mol. The van der Waals surface area contributed by atoms with Crippen LogP contribution in [-0.2, 0) is 11.2 Å². The van der Waals surface area contributed by atoms with Crippen LogP contribution in [0.15, 0.2) is 72.8 Å². The van der Waals surface area contributed by atoms with Gasteiger partial charge >= 0.3 is 0 Å². The van der Waals surface area contributed by atoms with E-state index in [1.165, 1.54) is 36.4 Å². The maximum atomic E-state index is 13.4. The molecule has 188 valence electrons. The zero-order valence-electron chi connectivity index (χ0n) is 19.6. The van der Waals surface area contributed by atoms with Gasteiger partial charge in [-0.15, -0.1) is 0 Å². The molecule has 36 heavy (non-hydrogen) atoms. The molecule has 2 aliphatic rings. The number of rotatable bonds is 7. The highest BCUT2D eigenvalue weighted by molar-refractivity contribution is 5.79. The number of nitrogens with one attached hydrogen (secondary N) is 1. The molecule has 3 aromatic rings. The van der Waals surface area contributed by atoms with Crippen molar-refractivity contribution in [2.75, 3.05) is 42.9 Å². The molecule has 2 heterocycles. The van der Waals surface area contributed by atoms with E-state index in [1.807, 2.05) is 4.90 Å². The molecule has 0 bridgehead atoms. The maximum absolute atomic E-state index is 13.4. The summed E-state index contributed by atoms with van der Waals surface area (Å²) in [7, 11) is 0. The van der Waals surface area contributed by atoms with Crippen molar-refractivity contribution >= 4 is 17.3 Å². The Hall–Kier alpha value is -3.55. The molecular formula is C28H27F4N3O. The Kier molecular flexibility index (Phi) is 6.60. The fraction of sp³-hybridized carbons (Fsp3) is 0.321. The number of alkyl halides is 2. The molecule has 4 nitrogen and oxygen atoms in total. The van der Waals surface area contributed by atoms with E-state index < -0.39 is 6.43 Å². The number of likely N-dealkylation sites (tertiary alicyclic amines) is 1. The van der Waals surface area contributed by atoms with E-state index >= 15 is 0 Å². The Morgan fingerprint density at radius 2 is 1.50 bits per heavy atom. The first-order valence-corrected chi connectivity index (χ1v) is 12.0. The van der Waals surface area contributed by atoms with E-state index in [1.54, 1.807) is 36.4 Å². The summed E-state index contributed by atoms with van der Waals surface area (Å²) in [5.74, 6) is -0.465. The third kappa shape index (κ3) is 5.03. The summed E-state index contributed by atoms with van der Waals surface area (Å²) in [4.78, 5) is 17.2. The third-order valence-corrected chi connectivity index (χ3v) is 7.35. The Morgan fingerprint density at radius 3 is 2.11 bits per heavy atom. The molecule has 0 aliphatic carbocycles. The summed E-state index contributed by atoms with van der Waals surface area (Å²) in [5, 5.41) is 3.38. The SMILES string of the molecule is O=C(Cc1ccc(C(F)F)cc1)N1CC(CNc2ccc(F)cc2)C2(C1)CN(c1ccc(F)cc1)C2. The molecule has 0 radical (unpaired) electrons. The predicted octanol–water partition coefficient (Wildman–Crippen LogP) is 5.52. The normalized spacial score (nSPS) is 18.5. The van der Waals surface area contributed by atoms with Crippen LogP contribution >= 0.6 is 0 Å². The number of amides is 1. The molecule has 2 fully saturated rings. The van der Waals surface area contributed by atoms with E-state index in [4.69, 9.17) is 0 Å². The Bertz CT molecular complexity index is 1190. The molecule has 5 rings (SSSR count). The van der Waals surface area contributed by atoms with Crippen LogP contribution in [-0.4, -0.2) is 43.5 Å². The average molecular weight is 498 g/mol. The van der Waals surface area contributed by atoms with Crippen molar-refractivity contribution in [1.29, 1.82) is 0 Å². The van der Waals surface area contributed by atoms with Gasteiger partial charge in [0.25, 0.3) is 6.43 Å². The lowest BCUT2D eigenvalue weighted by molar-refractivity contribution is -0.130. The van der Waals surface area contributed by atoms with E-state index in [-0.39, 0.29) is 40.9 Å². The fourth-order valence-corrected chi connectivity index (χ4v) is 5.29. The van der Waals surface area contributed by atoms with Crippen LogP contribution in [0.1, 0.15) is 17.6 Å². The standard InChI is InChI=1S/C28H27F4N3O/c29-22-5-9-24(10-6-22)33-14-21-15-34(26(36)13-19-1-3-20(4-2-19)27(31)32)16-28(21)17-35(18-28)25-11-7-23(30)8-12-25/h1-12,21,27,33H,13-18H2. The van der Waals surface area contributed by atoms with Crippen LogP contribution < -0.4 is 10.2 Å². The van der Waals surface area contributed by atoms with Gasteiger partial charge in [0.2, 0.25) is 5.91 Å². The number of carbonyl (C=O) groups is 1. The molecule has 3 aromatic carbocycles. The molecule has 1 amide bonds. The summed E-state index contributed by atoms with van der Waals surface area (Å²) in [6.45, 7) is 3.26. The number of carbonyl (C=O) groups excluding carboxylic acids is 1. The van der Waals surface area contributed by atoms with Crippen LogP contribution in [0.2, 0.25) is 0 Å². The minimum absolute atomic E-state index is 0.0383. The van der Waals surface area contributed by atoms with Crippen molar-refractivity contribution in [1.82, 2.24) is 4.90 Å². The molecule has 2 aliphatic heterocycles. The fourth-order valence-electron chi connectivity index (χ4n) is 5.29. The van der Waals surface area contributed by atoms with Crippen molar-refractivity contribution < 1.29 is 22.4 Å². The zero-order valence-corrected chi connectivity index (χ0v) is 19.6. The van der Waals surface area contributed by atoms with Gasteiger partial charge in [0.15, 0.2) is 0 Å². The molecule has 1 atom stereocenters. The highest BCUT2D eigenvalue weighted by Gasteiger charge is 2.54. The highest BCUT2D eigenvalue weighted by Crippen LogP contribution is 2.46. The lowest BCUT2D eigenvalue weighted by atomic mass is 9.71. The quantitative estimate of drug-likeness (QED) is 0.437. The maximum Gasteiger partial charge on any atom is 0.263 e. The van der Waals surface area contributed by atoms with Gasteiger partial charge in [-0.3, -0.25) is 4.79 Å². The molecule has 0 aromatic heterocycles. The summed E-state index contributed by atoms with van der Waals surface area (Å²) in [6, 6.07) is 18.5. The molecule has 0 saturated carbocycles. The Labute approximate surface area is 207 Å². The van der Waals surface area contributed by atoms with Gasteiger partial charge in [0, 0.05) is 61.0 Å². The van der Waals surface area contributed by atoms with E-state index in [0.29, 0.717) is 25.2 Å². The topological polar surface area (TPSA) is 35.6 Å². The van der Waals surface area contributed by atoms with Crippen molar-refractivity contribution in [2.45, 2.75) is 12.8 Å². The lowest BCUT2D eigenvalue weighted by Crippen LogP contribution is -2.61. The van der Waals surface area contributed by atoms with Crippen LogP contribution in [0, 0.1) is 23.0 Å². The van der Waals surface area contributed by atoms with Gasteiger partial charge in [0.05, 0.1) is 6.42 Å². The van der Waals surface area contributed by atoms with Gasteiger partial charge in [-0.1, -0.05) is 24.3 Å². The van der Waals surface area contributed by atoms with Gasteiger partial charge in [-0.25, -0.2) is 17.6 Å². The van der Waals surface area contributed by atoms with Crippen molar-refractivity contribution in [3.8, 4) is 0 Å². The number of nitrogens with zero attached hydrogens (tertiary/aromatic N) is 2. The minimum Gasteiger partial charge on any atom is -0.385 e. The zero-order chi connectivity index (χ0) is 25.3. The molecule has 1 N–H and O–H groups in total. The number of hydrogen-bond donors (Lipinski definition) is 1. The van der Waals surface area contributed by atoms with Crippen molar-refractivity contribution in [3.05, 3.63) is 95.6 Å². The lowest BCUT2D eigenvalue weighted by Gasteiger charge is -2.52. The predicted molar refractivity (Wildman–Crippen MR) is 131 cm³/mol. The second-order valence-corrected chi connectivity index (χ2v) is 9.77. The minimum atomic E-state index is -2.54. The van der Waals surface area contributed by atoms with E-state index in [9.17, 15) is 22.4 Å². The van der Waals surface area contributed by atoms with E-state index in [2.05, 4.69) is 10.2 Å². The number of hydrogen-bond acceptors (Lipinski definition) is 3. The first kappa shape index (κ1) is 24.2. The van der Waals surface area contributed by atoms with Crippen LogP contribution in [0.4, 0.5) is 28.9 Å². The molecule has 2 saturated heterocycles. The molecule has 1 unspecified atom stereocenters. The monoisotopic (exact) mass is 497 g/mol. The van der Waals surface area contributed by atoms with E-state index in [0.717, 1.165) is 24.5 Å². The highest BCUT2D eigenvalue weighted by atomic mass is 19.3. The van der Waals surface area contributed by atoms with Crippen LogP contribution in [0.25, 0.3) is 0 Å². The van der Waals surface area contributed by atoms with Gasteiger partial charge in [-0.2, -0.15) is 0 Å². The second kappa shape index (κ2) is 9.84. The van der Waals surface area contributed by atoms with Crippen LogP contribution in [0.3, 0.4) is 0 Å².